The zero-order chi connectivity index (χ0) is 12.0. The number of nitrogens with zero attached hydrogens (tertiary/aromatic N) is 1. The third-order valence-corrected chi connectivity index (χ3v) is 1.90. The molecule has 0 saturated heterocycles. The number of hydrogen-bond donors (Lipinski definition) is 0. The Hall–Kier alpha value is -1.67. The Kier molecular flexibility index (Phi) is 4.67. The fourth-order valence-electron chi connectivity index (χ4n) is 1.20. The van der Waals surface area contributed by atoms with Crippen LogP contribution in [0.4, 0.5) is 8.78 Å². The number of methoxy groups -OCH3 is 1. The van der Waals surface area contributed by atoms with Gasteiger partial charge in [0.2, 0.25) is 0 Å². The summed E-state index contributed by atoms with van der Waals surface area (Å²) in [6, 6.07) is 6.80. The molecule has 0 spiro atoms. The van der Waals surface area contributed by atoms with Crippen molar-refractivity contribution in [2.45, 2.75) is 13.0 Å². The number of alkyl halides is 2. The lowest BCUT2D eigenvalue weighted by atomic mass is 10.1. The summed E-state index contributed by atoms with van der Waals surface area (Å²) in [4.78, 5) is 0. The predicted molar refractivity (Wildman–Crippen MR) is 53.4 cm³/mol. The summed E-state index contributed by atoms with van der Waals surface area (Å²) < 4.78 is 33.3. The minimum atomic E-state index is -2.48. The Morgan fingerprint density at radius 1 is 1.44 bits per heavy atom. The van der Waals surface area contributed by atoms with E-state index in [1.165, 1.54) is 7.11 Å². The average molecular weight is 227 g/mol. The van der Waals surface area contributed by atoms with Gasteiger partial charge in [0, 0.05) is 0 Å². The highest BCUT2D eigenvalue weighted by Gasteiger charge is 2.05. The maximum absolute atomic E-state index is 11.8. The molecular weight excluding hydrogens is 216 g/mol. The van der Waals surface area contributed by atoms with Gasteiger partial charge < -0.3 is 9.47 Å². The third kappa shape index (κ3) is 3.48. The van der Waals surface area contributed by atoms with Crippen molar-refractivity contribution in [2.24, 2.45) is 0 Å². The largest absolute Gasteiger partial charge is 0.495 e. The van der Waals surface area contributed by atoms with Crippen molar-refractivity contribution in [2.75, 3.05) is 13.7 Å². The van der Waals surface area contributed by atoms with Crippen molar-refractivity contribution in [3.63, 3.8) is 0 Å². The number of rotatable bonds is 5. The maximum Gasteiger partial charge on any atom is 0.261 e. The minimum Gasteiger partial charge on any atom is -0.495 e. The Morgan fingerprint density at radius 3 is 2.75 bits per heavy atom. The van der Waals surface area contributed by atoms with Gasteiger partial charge in [-0.05, 0) is 17.7 Å². The Balaban J connectivity index is 2.65. The van der Waals surface area contributed by atoms with Gasteiger partial charge in [-0.15, -0.1) is 0 Å². The van der Waals surface area contributed by atoms with Crippen LogP contribution < -0.4 is 4.74 Å². The average Bonchev–Trinajstić information content (AvgIpc) is 2.28. The monoisotopic (exact) mass is 227 g/mol. The van der Waals surface area contributed by atoms with Gasteiger partial charge in [0.1, 0.15) is 18.4 Å². The second-order valence-corrected chi connectivity index (χ2v) is 3.05. The second kappa shape index (κ2) is 6.03. The first-order valence-corrected chi connectivity index (χ1v) is 4.60. The molecule has 0 unspecified atom stereocenters. The molecule has 1 aromatic rings. The third-order valence-electron chi connectivity index (χ3n) is 1.90. The second-order valence-electron chi connectivity index (χ2n) is 3.05. The molecule has 0 N–H and O–H groups in total. The normalized spacial score (nSPS) is 10.2. The van der Waals surface area contributed by atoms with E-state index in [9.17, 15) is 8.78 Å². The molecule has 0 amide bonds. The number of ether oxygens (including phenoxy) is 2. The van der Waals surface area contributed by atoms with Gasteiger partial charge in [0.25, 0.3) is 6.43 Å². The van der Waals surface area contributed by atoms with Crippen LogP contribution in [-0.4, -0.2) is 20.1 Å². The van der Waals surface area contributed by atoms with E-state index in [4.69, 9.17) is 14.7 Å². The lowest BCUT2D eigenvalue weighted by molar-refractivity contribution is 0.00986. The van der Waals surface area contributed by atoms with E-state index in [2.05, 4.69) is 0 Å². The number of hydrogen-bond acceptors (Lipinski definition) is 3. The molecule has 86 valence electrons. The van der Waals surface area contributed by atoms with Crippen LogP contribution in [-0.2, 0) is 11.3 Å². The summed E-state index contributed by atoms with van der Waals surface area (Å²) in [7, 11) is 1.46. The molecule has 0 fully saturated rings. The van der Waals surface area contributed by atoms with E-state index in [0.29, 0.717) is 16.9 Å². The number of benzene rings is 1. The van der Waals surface area contributed by atoms with Gasteiger partial charge >= 0.3 is 0 Å². The molecule has 16 heavy (non-hydrogen) atoms. The predicted octanol–water partition coefficient (Wildman–Crippen LogP) is 2.35. The standard InChI is InChI=1S/C11H11F2NO2/c1-15-10-3-2-8(4-9(10)5-14)6-16-7-11(12)13/h2-4,11H,6-7H2,1H3. The van der Waals surface area contributed by atoms with Gasteiger partial charge in [-0.3, -0.25) is 0 Å². The van der Waals surface area contributed by atoms with Crippen LogP contribution in [0.25, 0.3) is 0 Å². The molecule has 0 radical (unpaired) electrons. The van der Waals surface area contributed by atoms with Crippen LogP contribution in [0.1, 0.15) is 11.1 Å². The maximum atomic E-state index is 11.8. The first-order valence-electron chi connectivity index (χ1n) is 4.60. The molecule has 0 aliphatic carbocycles. The highest BCUT2D eigenvalue weighted by atomic mass is 19.3. The van der Waals surface area contributed by atoms with E-state index < -0.39 is 13.0 Å². The molecule has 0 heterocycles. The summed E-state index contributed by atoms with van der Waals surface area (Å²) in [6.45, 7) is -0.545. The Labute approximate surface area is 92.2 Å². The summed E-state index contributed by atoms with van der Waals surface area (Å²) in [6.07, 6.45) is -2.48. The summed E-state index contributed by atoms with van der Waals surface area (Å²) in [5.41, 5.74) is 1.03. The van der Waals surface area contributed by atoms with Crippen molar-refractivity contribution >= 4 is 0 Å². The molecule has 1 aromatic carbocycles. The van der Waals surface area contributed by atoms with Crippen LogP contribution >= 0.6 is 0 Å². The van der Waals surface area contributed by atoms with Crippen molar-refractivity contribution in [1.29, 1.82) is 5.26 Å². The van der Waals surface area contributed by atoms with Crippen molar-refractivity contribution < 1.29 is 18.3 Å². The van der Waals surface area contributed by atoms with E-state index in [-0.39, 0.29) is 6.61 Å². The van der Waals surface area contributed by atoms with Crippen molar-refractivity contribution in [1.82, 2.24) is 0 Å². The first-order chi connectivity index (χ1) is 7.67. The van der Waals surface area contributed by atoms with E-state index in [0.717, 1.165) is 0 Å². The van der Waals surface area contributed by atoms with E-state index in [1.54, 1.807) is 18.2 Å². The summed E-state index contributed by atoms with van der Waals surface area (Å²) in [5, 5.41) is 8.80. The van der Waals surface area contributed by atoms with Crippen molar-refractivity contribution in [3.8, 4) is 11.8 Å². The molecule has 0 atom stereocenters. The molecule has 0 aromatic heterocycles. The van der Waals surface area contributed by atoms with Crippen LogP contribution in [0, 0.1) is 11.3 Å². The lowest BCUT2D eigenvalue weighted by Crippen LogP contribution is -2.04. The summed E-state index contributed by atoms with van der Waals surface area (Å²) >= 11 is 0. The van der Waals surface area contributed by atoms with Crippen LogP contribution in [0.5, 0.6) is 5.75 Å². The van der Waals surface area contributed by atoms with Crippen LogP contribution in [0.2, 0.25) is 0 Å². The molecule has 0 aliphatic heterocycles. The van der Waals surface area contributed by atoms with Crippen molar-refractivity contribution in [3.05, 3.63) is 29.3 Å². The number of halogens is 2. The van der Waals surface area contributed by atoms with Gasteiger partial charge in [0.05, 0.1) is 19.3 Å². The lowest BCUT2D eigenvalue weighted by Gasteiger charge is -2.06. The summed E-state index contributed by atoms with van der Waals surface area (Å²) in [5.74, 6) is 0.458. The van der Waals surface area contributed by atoms with Gasteiger partial charge in [0.15, 0.2) is 0 Å². The fourth-order valence-corrected chi connectivity index (χ4v) is 1.20. The smallest absolute Gasteiger partial charge is 0.261 e. The van der Waals surface area contributed by atoms with E-state index in [1.807, 2.05) is 6.07 Å². The Bertz CT molecular complexity index is 388. The number of nitriles is 1. The highest BCUT2D eigenvalue weighted by molar-refractivity contribution is 5.45. The molecule has 0 aliphatic rings. The van der Waals surface area contributed by atoms with Gasteiger partial charge in [-0.25, -0.2) is 8.78 Å². The molecule has 3 nitrogen and oxygen atoms in total. The highest BCUT2D eigenvalue weighted by Crippen LogP contribution is 2.19. The van der Waals surface area contributed by atoms with Gasteiger partial charge in [-0.2, -0.15) is 5.26 Å². The Morgan fingerprint density at radius 2 is 2.19 bits per heavy atom. The molecule has 0 saturated carbocycles. The van der Waals surface area contributed by atoms with Crippen LogP contribution in [0.3, 0.4) is 0 Å². The minimum absolute atomic E-state index is 0.0585. The van der Waals surface area contributed by atoms with Crippen LogP contribution in [0.15, 0.2) is 18.2 Å². The molecule has 1 rings (SSSR count). The first kappa shape index (κ1) is 12.4. The van der Waals surface area contributed by atoms with Gasteiger partial charge in [-0.1, -0.05) is 6.07 Å². The zero-order valence-electron chi connectivity index (χ0n) is 8.74. The zero-order valence-corrected chi connectivity index (χ0v) is 8.74. The molecular formula is C11H11F2NO2. The fraction of sp³-hybridized carbons (Fsp3) is 0.364. The SMILES string of the molecule is COc1ccc(COCC(F)F)cc1C#N. The van der Waals surface area contributed by atoms with E-state index >= 15 is 0 Å². The topological polar surface area (TPSA) is 42.2 Å². The quantitative estimate of drug-likeness (QED) is 0.775. The molecule has 0 bridgehead atoms. The molecule has 5 heteroatoms.